The summed E-state index contributed by atoms with van der Waals surface area (Å²) in [5, 5.41) is 11.4. The molecule has 1 unspecified atom stereocenters. The number of nitrogens with one attached hydrogen (secondary N) is 2. The molecule has 1 spiro atoms. The number of sulfonamides is 1. The molecule has 1 amide bonds. The molecule has 23 heavy (non-hydrogen) atoms. The molecule has 0 aromatic heterocycles. The van der Waals surface area contributed by atoms with Crippen LogP contribution >= 0.6 is 0 Å². The van der Waals surface area contributed by atoms with Crippen molar-refractivity contribution in [2.45, 2.75) is 30.6 Å². The van der Waals surface area contributed by atoms with Crippen molar-refractivity contribution in [1.29, 1.82) is 0 Å². The third-order valence-electron chi connectivity index (χ3n) is 5.07. The summed E-state index contributed by atoms with van der Waals surface area (Å²) in [6.07, 6.45) is 3.89. The molecule has 1 aliphatic heterocycles. The van der Waals surface area contributed by atoms with Gasteiger partial charge < -0.3 is 10.6 Å². The molecule has 6 nitrogen and oxygen atoms in total. The summed E-state index contributed by atoms with van der Waals surface area (Å²) in [5.74, 6) is 0.336. The summed E-state index contributed by atoms with van der Waals surface area (Å²) in [6.45, 7) is 2.60. The predicted octanol–water partition coefficient (Wildman–Crippen LogP) is 0.382. The highest BCUT2D eigenvalue weighted by molar-refractivity contribution is 7.89. The Bertz CT molecular complexity index is 679. The van der Waals surface area contributed by atoms with E-state index in [1.807, 2.05) is 0 Å². The van der Waals surface area contributed by atoms with E-state index in [-0.39, 0.29) is 22.1 Å². The number of hydrogen-bond acceptors (Lipinski definition) is 4. The molecule has 1 aromatic rings. The van der Waals surface area contributed by atoms with Crippen LogP contribution in [0.3, 0.4) is 0 Å². The van der Waals surface area contributed by atoms with E-state index in [1.54, 1.807) is 12.1 Å². The molecule has 1 aliphatic carbocycles. The zero-order valence-electron chi connectivity index (χ0n) is 13.0. The minimum Gasteiger partial charge on any atom is -0.356 e. The van der Waals surface area contributed by atoms with Crippen LogP contribution in [-0.2, 0) is 21.2 Å². The van der Waals surface area contributed by atoms with Crippen molar-refractivity contribution in [1.82, 2.24) is 10.6 Å². The molecule has 2 aliphatic rings. The Morgan fingerprint density at radius 1 is 1.26 bits per heavy atom. The van der Waals surface area contributed by atoms with Crippen LogP contribution in [0, 0.1) is 11.3 Å². The second-order valence-electron chi connectivity index (χ2n) is 6.60. The van der Waals surface area contributed by atoms with E-state index in [0.29, 0.717) is 13.0 Å². The number of nitrogens with two attached hydrogens (primary N) is 1. The Kier molecular flexibility index (Phi) is 4.44. The van der Waals surface area contributed by atoms with E-state index >= 15 is 0 Å². The smallest absolute Gasteiger partial charge is 0.238 e. The first-order chi connectivity index (χ1) is 10.9. The van der Waals surface area contributed by atoms with Crippen LogP contribution in [0.4, 0.5) is 0 Å². The molecule has 3 rings (SSSR count). The van der Waals surface area contributed by atoms with Gasteiger partial charge in [0.2, 0.25) is 15.9 Å². The van der Waals surface area contributed by atoms with Crippen LogP contribution in [0.5, 0.6) is 0 Å². The maximum absolute atomic E-state index is 12.2. The van der Waals surface area contributed by atoms with Crippen molar-refractivity contribution >= 4 is 15.9 Å². The summed E-state index contributed by atoms with van der Waals surface area (Å²) in [6, 6.07) is 6.46. The summed E-state index contributed by atoms with van der Waals surface area (Å²) < 4.78 is 22.4. The largest absolute Gasteiger partial charge is 0.356 e. The Hall–Kier alpha value is -1.44. The maximum atomic E-state index is 12.2. The highest BCUT2D eigenvalue weighted by Crippen LogP contribution is 2.58. The van der Waals surface area contributed by atoms with Crippen molar-refractivity contribution in [2.75, 3.05) is 19.6 Å². The predicted molar refractivity (Wildman–Crippen MR) is 87.2 cm³/mol. The lowest BCUT2D eigenvalue weighted by Gasteiger charge is -2.23. The molecule has 7 heteroatoms. The highest BCUT2D eigenvalue weighted by atomic mass is 32.2. The number of piperidine rings is 1. The van der Waals surface area contributed by atoms with Crippen LogP contribution in [-0.4, -0.2) is 34.0 Å². The van der Waals surface area contributed by atoms with Gasteiger partial charge in [0.1, 0.15) is 0 Å². The lowest BCUT2D eigenvalue weighted by molar-refractivity contribution is -0.123. The van der Waals surface area contributed by atoms with E-state index in [1.165, 1.54) is 12.1 Å². The van der Waals surface area contributed by atoms with Crippen molar-refractivity contribution < 1.29 is 13.2 Å². The number of hydrogen-bond donors (Lipinski definition) is 3. The molecule has 1 heterocycles. The SMILES string of the molecule is NS(=O)(=O)c1ccc(CCNC(=O)C2CC23CCNCC3)cc1. The number of benzene rings is 1. The third kappa shape index (κ3) is 3.73. The van der Waals surface area contributed by atoms with Gasteiger partial charge in [-0.05, 0) is 61.9 Å². The first-order valence-corrected chi connectivity index (χ1v) is 9.56. The fourth-order valence-corrected chi connectivity index (χ4v) is 4.01. The second kappa shape index (κ2) is 6.22. The monoisotopic (exact) mass is 337 g/mol. The summed E-state index contributed by atoms with van der Waals surface area (Å²) in [4.78, 5) is 12.3. The number of amides is 1. The normalized spacial score (nSPS) is 22.7. The Balaban J connectivity index is 1.46. The zero-order chi connectivity index (χ0) is 16.5. The topological polar surface area (TPSA) is 101 Å². The molecule has 1 aromatic carbocycles. The van der Waals surface area contributed by atoms with Gasteiger partial charge in [0, 0.05) is 12.5 Å². The molecule has 1 saturated heterocycles. The zero-order valence-corrected chi connectivity index (χ0v) is 13.9. The number of carbonyl (C=O) groups is 1. The maximum Gasteiger partial charge on any atom is 0.238 e. The highest BCUT2D eigenvalue weighted by Gasteiger charge is 2.57. The van der Waals surface area contributed by atoms with Crippen LogP contribution in [0.15, 0.2) is 29.2 Å². The minimum atomic E-state index is -3.65. The van der Waals surface area contributed by atoms with Crippen LogP contribution in [0.25, 0.3) is 0 Å². The summed E-state index contributed by atoms with van der Waals surface area (Å²) in [5.41, 5.74) is 1.23. The molecule has 126 valence electrons. The van der Waals surface area contributed by atoms with Crippen LogP contribution < -0.4 is 15.8 Å². The quantitative estimate of drug-likeness (QED) is 0.723. The van der Waals surface area contributed by atoms with Gasteiger partial charge in [-0.2, -0.15) is 0 Å². The fourth-order valence-electron chi connectivity index (χ4n) is 3.49. The van der Waals surface area contributed by atoms with Gasteiger partial charge in [-0.1, -0.05) is 12.1 Å². The Labute approximate surface area is 136 Å². The number of rotatable bonds is 5. The van der Waals surface area contributed by atoms with E-state index in [0.717, 1.165) is 37.9 Å². The molecule has 0 bridgehead atoms. The van der Waals surface area contributed by atoms with Crippen molar-refractivity contribution in [3.05, 3.63) is 29.8 Å². The standard InChI is InChI=1S/C16H23N3O3S/c17-23(21,22)13-3-1-12(2-4-13)5-8-19-15(20)14-11-16(14)6-9-18-10-7-16/h1-4,14,18H,5-11H2,(H,19,20)(H2,17,21,22). The first kappa shape index (κ1) is 16.4. The molecule has 1 saturated carbocycles. The van der Waals surface area contributed by atoms with Crippen molar-refractivity contribution in [3.63, 3.8) is 0 Å². The lowest BCUT2D eigenvalue weighted by Crippen LogP contribution is -2.34. The summed E-state index contributed by atoms with van der Waals surface area (Å²) in [7, 11) is -3.65. The minimum absolute atomic E-state index is 0.108. The van der Waals surface area contributed by atoms with Gasteiger partial charge >= 0.3 is 0 Å². The first-order valence-electron chi connectivity index (χ1n) is 8.01. The average molecular weight is 337 g/mol. The number of primary sulfonamides is 1. The van der Waals surface area contributed by atoms with Gasteiger partial charge in [-0.25, -0.2) is 13.6 Å². The van der Waals surface area contributed by atoms with E-state index in [2.05, 4.69) is 10.6 Å². The van der Waals surface area contributed by atoms with Gasteiger partial charge in [0.15, 0.2) is 0 Å². The summed E-state index contributed by atoms with van der Waals surface area (Å²) >= 11 is 0. The van der Waals surface area contributed by atoms with Gasteiger partial charge in [-0.15, -0.1) is 0 Å². The van der Waals surface area contributed by atoms with E-state index < -0.39 is 10.0 Å². The van der Waals surface area contributed by atoms with Crippen LogP contribution in [0.1, 0.15) is 24.8 Å². The van der Waals surface area contributed by atoms with Gasteiger partial charge in [0.05, 0.1) is 4.90 Å². The van der Waals surface area contributed by atoms with E-state index in [4.69, 9.17) is 5.14 Å². The molecule has 2 fully saturated rings. The fraction of sp³-hybridized carbons (Fsp3) is 0.562. The third-order valence-corrected chi connectivity index (χ3v) is 6.00. The molecule has 4 N–H and O–H groups in total. The van der Waals surface area contributed by atoms with Gasteiger partial charge in [-0.3, -0.25) is 4.79 Å². The molecule has 0 radical (unpaired) electrons. The van der Waals surface area contributed by atoms with Crippen LogP contribution in [0.2, 0.25) is 0 Å². The van der Waals surface area contributed by atoms with Crippen molar-refractivity contribution in [3.8, 4) is 0 Å². The Morgan fingerprint density at radius 3 is 2.52 bits per heavy atom. The lowest BCUT2D eigenvalue weighted by atomic mass is 9.92. The molecule has 1 atom stereocenters. The van der Waals surface area contributed by atoms with E-state index in [9.17, 15) is 13.2 Å². The van der Waals surface area contributed by atoms with Crippen molar-refractivity contribution in [2.24, 2.45) is 16.5 Å². The second-order valence-corrected chi connectivity index (χ2v) is 8.16. The van der Waals surface area contributed by atoms with Gasteiger partial charge in [0.25, 0.3) is 0 Å². The molecular weight excluding hydrogens is 314 g/mol. The number of carbonyl (C=O) groups excluding carboxylic acids is 1. The Morgan fingerprint density at radius 2 is 1.91 bits per heavy atom. The average Bonchev–Trinajstić information content (AvgIpc) is 3.21. The molecular formula is C16H23N3O3S.